The number of hydrogen-bond donors (Lipinski definition) is 0. The highest BCUT2D eigenvalue weighted by Crippen LogP contribution is 2.46. The smallest absolute Gasteiger partial charge is 0.250 e. The molecule has 3 fully saturated rings. The van der Waals surface area contributed by atoms with E-state index in [1.54, 1.807) is 12.3 Å². The van der Waals surface area contributed by atoms with E-state index in [-0.39, 0.29) is 17.8 Å². The molecule has 126 valence electrons. The largest absolute Gasteiger partial charge is 0.471 e. The van der Waals surface area contributed by atoms with Crippen molar-refractivity contribution < 1.29 is 13.9 Å². The SMILES string of the molecule is Fc1cccnc1OC1CSC2(C1)CN(CC1CCOCC1)C2. The van der Waals surface area contributed by atoms with Crippen LogP contribution in [0.15, 0.2) is 18.3 Å². The first-order valence-electron chi connectivity index (χ1n) is 8.44. The molecule has 3 aliphatic rings. The molecule has 3 aliphatic heterocycles. The zero-order valence-corrected chi connectivity index (χ0v) is 14.1. The summed E-state index contributed by atoms with van der Waals surface area (Å²) in [7, 11) is 0. The molecule has 0 aromatic carbocycles. The van der Waals surface area contributed by atoms with Gasteiger partial charge in [0.25, 0.3) is 5.88 Å². The lowest BCUT2D eigenvalue weighted by atomic mass is 9.90. The molecule has 1 aromatic heterocycles. The van der Waals surface area contributed by atoms with E-state index in [1.807, 2.05) is 11.8 Å². The van der Waals surface area contributed by atoms with E-state index < -0.39 is 0 Å². The van der Waals surface area contributed by atoms with Crippen LogP contribution >= 0.6 is 11.8 Å². The fraction of sp³-hybridized carbons (Fsp3) is 0.706. The van der Waals surface area contributed by atoms with Gasteiger partial charge in [-0.15, -0.1) is 11.8 Å². The van der Waals surface area contributed by atoms with E-state index in [2.05, 4.69) is 9.88 Å². The molecule has 0 amide bonds. The van der Waals surface area contributed by atoms with Gasteiger partial charge in [0.15, 0.2) is 5.82 Å². The van der Waals surface area contributed by atoms with Gasteiger partial charge in [0, 0.05) is 56.0 Å². The number of aromatic nitrogens is 1. The maximum Gasteiger partial charge on any atom is 0.250 e. The quantitative estimate of drug-likeness (QED) is 0.843. The summed E-state index contributed by atoms with van der Waals surface area (Å²) in [4.78, 5) is 6.56. The third-order valence-electron chi connectivity index (χ3n) is 5.06. The molecule has 0 N–H and O–H groups in total. The molecule has 0 bridgehead atoms. The van der Waals surface area contributed by atoms with Gasteiger partial charge in [-0.1, -0.05) is 0 Å². The van der Waals surface area contributed by atoms with Gasteiger partial charge in [0.05, 0.1) is 0 Å². The van der Waals surface area contributed by atoms with Crippen LogP contribution in [0.3, 0.4) is 0 Å². The number of ether oxygens (including phenoxy) is 2. The van der Waals surface area contributed by atoms with Crippen molar-refractivity contribution in [2.75, 3.05) is 38.6 Å². The zero-order valence-electron chi connectivity index (χ0n) is 13.2. The first kappa shape index (κ1) is 15.7. The van der Waals surface area contributed by atoms with Crippen LogP contribution in [0.1, 0.15) is 19.3 Å². The Morgan fingerprint density at radius 2 is 2.22 bits per heavy atom. The number of halogens is 1. The number of rotatable bonds is 4. The minimum atomic E-state index is -0.367. The van der Waals surface area contributed by atoms with Gasteiger partial charge in [-0.3, -0.25) is 0 Å². The van der Waals surface area contributed by atoms with Gasteiger partial charge in [-0.05, 0) is 30.9 Å². The van der Waals surface area contributed by atoms with Crippen molar-refractivity contribution >= 4 is 11.8 Å². The number of hydrogen-bond acceptors (Lipinski definition) is 5. The van der Waals surface area contributed by atoms with Gasteiger partial charge >= 0.3 is 0 Å². The van der Waals surface area contributed by atoms with Crippen LogP contribution in [0.4, 0.5) is 4.39 Å². The average molecular weight is 338 g/mol. The van der Waals surface area contributed by atoms with Crippen LogP contribution in [-0.4, -0.2) is 59.3 Å². The van der Waals surface area contributed by atoms with E-state index in [0.717, 1.165) is 44.4 Å². The van der Waals surface area contributed by atoms with Gasteiger partial charge in [0.2, 0.25) is 0 Å². The van der Waals surface area contributed by atoms with Gasteiger partial charge in [0.1, 0.15) is 6.10 Å². The molecule has 1 spiro atoms. The second-order valence-electron chi connectivity index (χ2n) is 6.95. The van der Waals surface area contributed by atoms with Gasteiger partial charge < -0.3 is 14.4 Å². The molecule has 4 rings (SSSR count). The number of pyridine rings is 1. The summed E-state index contributed by atoms with van der Waals surface area (Å²) >= 11 is 1.99. The molecular weight excluding hydrogens is 315 g/mol. The maximum atomic E-state index is 13.6. The Kier molecular flexibility index (Phi) is 4.48. The van der Waals surface area contributed by atoms with Crippen LogP contribution < -0.4 is 4.74 Å². The topological polar surface area (TPSA) is 34.6 Å². The molecule has 3 saturated heterocycles. The lowest BCUT2D eigenvalue weighted by Crippen LogP contribution is -2.60. The van der Waals surface area contributed by atoms with Crippen LogP contribution in [0.25, 0.3) is 0 Å². The Balaban J connectivity index is 1.26. The Morgan fingerprint density at radius 1 is 1.39 bits per heavy atom. The van der Waals surface area contributed by atoms with Crippen molar-refractivity contribution in [3.8, 4) is 5.88 Å². The zero-order chi connectivity index (χ0) is 15.7. The van der Waals surface area contributed by atoms with Crippen LogP contribution in [0.2, 0.25) is 0 Å². The van der Waals surface area contributed by atoms with Gasteiger partial charge in [-0.2, -0.15) is 0 Å². The van der Waals surface area contributed by atoms with Crippen LogP contribution in [-0.2, 0) is 4.74 Å². The monoisotopic (exact) mass is 338 g/mol. The van der Waals surface area contributed by atoms with E-state index in [1.165, 1.54) is 25.5 Å². The highest BCUT2D eigenvalue weighted by Gasteiger charge is 2.50. The molecule has 1 aromatic rings. The maximum absolute atomic E-state index is 13.6. The van der Waals surface area contributed by atoms with Crippen LogP contribution in [0.5, 0.6) is 5.88 Å². The molecule has 4 heterocycles. The lowest BCUT2D eigenvalue weighted by Gasteiger charge is -2.49. The van der Waals surface area contributed by atoms with Crippen molar-refractivity contribution in [2.45, 2.75) is 30.1 Å². The van der Waals surface area contributed by atoms with E-state index in [9.17, 15) is 4.39 Å². The third kappa shape index (κ3) is 3.49. The molecular formula is C17H23FN2O2S. The normalized spacial score (nSPS) is 28.0. The second-order valence-corrected chi connectivity index (χ2v) is 8.44. The first-order chi connectivity index (χ1) is 11.2. The highest BCUT2D eigenvalue weighted by atomic mass is 32.2. The predicted molar refractivity (Wildman–Crippen MR) is 88.4 cm³/mol. The Bertz CT molecular complexity index is 547. The van der Waals surface area contributed by atoms with Crippen molar-refractivity contribution in [1.82, 2.24) is 9.88 Å². The average Bonchev–Trinajstić information content (AvgIpc) is 2.94. The van der Waals surface area contributed by atoms with Crippen molar-refractivity contribution in [1.29, 1.82) is 0 Å². The summed E-state index contributed by atoms with van der Waals surface area (Å²) < 4.78 is 25.2. The molecule has 0 radical (unpaired) electrons. The molecule has 4 nitrogen and oxygen atoms in total. The molecule has 23 heavy (non-hydrogen) atoms. The van der Waals surface area contributed by atoms with Gasteiger partial charge in [-0.25, -0.2) is 9.37 Å². The standard InChI is InChI=1S/C17H23FN2O2S/c18-15-2-1-5-19-16(15)22-14-8-17(23-10-14)11-20(12-17)9-13-3-6-21-7-4-13/h1-2,5,13-14H,3-4,6-12H2. The van der Waals surface area contributed by atoms with Crippen LogP contribution in [0, 0.1) is 11.7 Å². The van der Waals surface area contributed by atoms with Crippen molar-refractivity contribution in [2.24, 2.45) is 5.92 Å². The van der Waals surface area contributed by atoms with E-state index in [0.29, 0.717) is 4.75 Å². The highest BCUT2D eigenvalue weighted by molar-refractivity contribution is 8.01. The number of likely N-dealkylation sites (tertiary alicyclic amines) is 1. The molecule has 0 saturated carbocycles. The summed E-state index contributed by atoms with van der Waals surface area (Å²) in [5.41, 5.74) is 0. The van der Waals surface area contributed by atoms with E-state index >= 15 is 0 Å². The Hall–Kier alpha value is -0.850. The fourth-order valence-corrected chi connectivity index (χ4v) is 5.48. The minimum absolute atomic E-state index is 0.0784. The fourth-order valence-electron chi connectivity index (χ4n) is 3.91. The summed E-state index contributed by atoms with van der Waals surface area (Å²) in [5, 5.41) is 0. The summed E-state index contributed by atoms with van der Waals surface area (Å²) in [6, 6.07) is 2.99. The molecule has 1 unspecified atom stereocenters. The summed E-state index contributed by atoms with van der Waals surface area (Å²) in [6.07, 6.45) is 5.05. The predicted octanol–water partition coefficient (Wildman–Crippen LogP) is 2.59. The Morgan fingerprint density at radius 3 is 3.00 bits per heavy atom. The van der Waals surface area contributed by atoms with Crippen molar-refractivity contribution in [3.63, 3.8) is 0 Å². The van der Waals surface area contributed by atoms with Crippen molar-refractivity contribution in [3.05, 3.63) is 24.1 Å². The number of thioether (sulfide) groups is 1. The molecule has 0 aliphatic carbocycles. The Labute approximate surface area is 140 Å². The summed E-state index contributed by atoms with van der Waals surface area (Å²) in [6.45, 7) is 5.32. The third-order valence-corrected chi connectivity index (χ3v) is 6.63. The second kappa shape index (κ2) is 6.57. The number of nitrogens with zero attached hydrogens (tertiary/aromatic N) is 2. The minimum Gasteiger partial charge on any atom is -0.471 e. The lowest BCUT2D eigenvalue weighted by molar-refractivity contribution is 0.0282. The van der Waals surface area contributed by atoms with E-state index in [4.69, 9.17) is 9.47 Å². The molecule has 6 heteroatoms. The molecule has 1 atom stereocenters. The summed E-state index contributed by atoms with van der Waals surface area (Å²) in [5.74, 6) is 1.50. The first-order valence-corrected chi connectivity index (χ1v) is 9.42.